The summed E-state index contributed by atoms with van der Waals surface area (Å²) in [6.07, 6.45) is 8.64. The first kappa shape index (κ1) is 26.7. The van der Waals surface area contributed by atoms with Gasteiger partial charge in [-0.15, -0.1) is 10.2 Å². The van der Waals surface area contributed by atoms with Gasteiger partial charge in [0.1, 0.15) is 23.5 Å². The largest absolute Gasteiger partial charge is 0.479 e. The molecule has 3 aromatic heterocycles. The number of hydrogen-bond acceptors (Lipinski definition) is 11. The summed E-state index contributed by atoms with van der Waals surface area (Å²) in [5.41, 5.74) is 1.16. The van der Waals surface area contributed by atoms with Crippen molar-refractivity contribution in [3.63, 3.8) is 0 Å². The van der Waals surface area contributed by atoms with Crippen molar-refractivity contribution in [2.45, 2.75) is 63.2 Å². The Balaban J connectivity index is 1.78. The maximum atomic E-state index is 13.6. The van der Waals surface area contributed by atoms with E-state index in [1.54, 1.807) is 17.0 Å². The van der Waals surface area contributed by atoms with Crippen LogP contribution >= 0.6 is 0 Å². The summed E-state index contributed by atoms with van der Waals surface area (Å²) < 4.78 is 47.9. The number of hydrogen-bond donors (Lipinski definition) is 1. The van der Waals surface area contributed by atoms with Gasteiger partial charge in [0, 0.05) is 25.4 Å². The van der Waals surface area contributed by atoms with Crippen molar-refractivity contribution >= 4 is 16.0 Å². The summed E-state index contributed by atoms with van der Waals surface area (Å²) in [6, 6.07) is 0. The molecule has 0 spiro atoms. The summed E-state index contributed by atoms with van der Waals surface area (Å²) in [5, 5.41) is 7.58. The number of aromatic nitrogens is 7. The fourth-order valence-electron chi connectivity index (χ4n) is 4.48. The molecule has 0 unspecified atom stereocenters. The highest BCUT2D eigenvalue weighted by Crippen LogP contribution is 2.38. The molecule has 1 aliphatic rings. The number of nitrogens with zero attached hydrogens (tertiary/aromatic N) is 7. The average molecular weight is 533 g/mol. The minimum absolute atomic E-state index is 0.0292. The van der Waals surface area contributed by atoms with Crippen molar-refractivity contribution in [1.82, 2.24) is 34.7 Å². The minimum atomic E-state index is -4.07. The van der Waals surface area contributed by atoms with Crippen molar-refractivity contribution in [3.8, 4) is 17.4 Å². The molecule has 0 saturated heterocycles. The number of rotatable bonds is 10. The van der Waals surface area contributed by atoms with Crippen molar-refractivity contribution in [3.05, 3.63) is 35.9 Å². The van der Waals surface area contributed by atoms with E-state index >= 15 is 0 Å². The quantitative estimate of drug-likeness (QED) is 0.409. The molecule has 13 nitrogen and oxygen atoms in total. The summed E-state index contributed by atoms with van der Waals surface area (Å²) in [5.74, 6) is 1.27. The lowest BCUT2D eigenvalue weighted by Crippen LogP contribution is -2.33. The molecular weight excluding hydrogens is 500 g/mol. The monoisotopic (exact) mass is 532 g/mol. The molecule has 0 radical (unpaired) electrons. The van der Waals surface area contributed by atoms with Gasteiger partial charge in [-0.05, 0) is 32.3 Å². The maximum absolute atomic E-state index is 13.6. The third-order valence-corrected chi connectivity index (χ3v) is 8.18. The lowest BCUT2D eigenvalue weighted by Gasteiger charge is -2.24. The molecule has 2 atom stereocenters. The zero-order valence-corrected chi connectivity index (χ0v) is 22.4. The molecule has 37 heavy (non-hydrogen) atoms. The number of methoxy groups -OCH3 is 3. The van der Waals surface area contributed by atoms with Gasteiger partial charge in [-0.25, -0.2) is 18.4 Å². The van der Waals surface area contributed by atoms with Crippen LogP contribution in [0.4, 0.5) is 5.95 Å². The van der Waals surface area contributed by atoms with Crippen LogP contribution in [0.3, 0.4) is 0 Å². The van der Waals surface area contributed by atoms with Gasteiger partial charge in [-0.3, -0.25) is 9.29 Å². The normalized spacial score (nSPS) is 16.2. The Kier molecular flexibility index (Phi) is 8.17. The minimum Gasteiger partial charge on any atom is -0.479 e. The second-order valence-corrected chi connectivity index (χ2v) is 11.0. The van der Waals surface area contributed by atoms with Crippen molar-refractivity contribution in [1.29, 1.82) is 0 Å². The van der Waals surface area contributed by atoms with Crippen LogP contribution in [0.1, 0.15) is 68.3 Å². The van der Waals surface area contributed by atoms with Gasteiger partial charge in [0.25, 0.3) is 0 Å². The first-order chi connectivity index (χ1) is 17.8. The molecule has 0 aromatic carbocycles. The number of ether oxygens (including phenoxy) is 3. The van der Waals surface area contributed by atoms with Crippen LogP contribution in [0.15, 0.2) is 18.7 Å². The van der Waals surface area contributed by atoms with Gasteiger partial charge in [-0.1, -0.05) is 19.3 Å². The van der Waals surface area contributed by atoms with Gasteiger partial charge < -0.3 is 14.2 Å². The predicted molar refractivity (Wildman–Crippen MR) is 134 cm³/mol. The third kappa shape index (κ3) is 5.49. The van der Waals surface area contributed by atoms with E-state index in [1.165, 1.54) is 34.6 Å². The molecule has 0 bridgehead atoms. The van der Waals surface area contributed by atoms with Crippen molar-refractivity contribution in [2.75, 3.05) is 26.1 Å². The first-order valence-corrected chi connectivity index (χ1v) is 13.6. The lowest BCUT2D eigenvalue weighted by molar-refractivity contribution is 0.0949. The molecule has 1 fully saturated rings. The molecule has 3 heterocycles. The van der Waals surface area contributed by atoms with Gasteiger partial charge in [0.15, 0.2) is 11.5 Å². The molecule has 1 saturated carbocycles. The fourth-order valence-corrected chi connectivity index (χ4v) is 5.62. The van der Waals surface area contributed by atoms with Crippen molar-refractivity contribution in [2.24, 2.45) is 0 Å². The molecule has 4 rings (SSSR count). The summed E-state index contributed by atoms with van der Waals surface area (Å²) >= 11 is 0. The molecule has 14 heteroatoms. The van der Waals surface area contributed by atoms with Crippen LogP contribution in [0.2, 0.25) is 0 Å². The van der Waals surface area contributed by atoms with Crippen LogP contribution in [-0.4, -0.2) is 69.7 Å². The third-order valence-electron chi connectivity index (χ3n) is 6.48. The average Bonchev–Trinajstić information content (AvgIpc) is 3.32. The second-order valence-electron chi connectivity index (χ2n) is 8.92. The highest BCUT2D eigenvalue weighted by atomic mass is 32.2. The number of nitrogens with one attached hydrogen (secondary N) is 1. The molecule has 0 amide bonds. The zero-order chi connectivity index (χ0) is 26.6. The molecular formula is C23H32N8O5S. The Morgan fingerprint density at radius 2 is 1.59 bits per heavy atom. The van der Waals surface area contributed by atoms with Gasteiger partial charge in [-0.2, -0.15) is 9.97 Å². The van der Waals surface area contributed by atoms with Crippen LogP contribution < -0.4 is 14.2 Å². The van der Waals surface area contributed by atoms with Crippen LogP contribution in [0.5, 0.6) is 11.8 Å². The second kappa shape index (κ2) is 11.3. The van der Waals surface area contributed by atoms with Gasteiger partial charge in [0.2, 0.25) is 27.7 Å². The molecule has 1 aliphatic carbocycles. The van der Waals surface area contributed by atoms with E-state index in [2.05, 4.69) is 34.9 Å². The molecule has 200 valence electrons. The van der Waals surface area contributed by atoms with E-state index in [0.29, 0.717) is 11.5 Å². The highest BCUT2D eigenvalue weighted by molar-refractivity contribution is 7.93. The number of sulfonamides is 1. The predicted octanol–water partition coefficient (Wildman–Crippen LogP) is 2.74. The van der Waals surface area contributed by atoms with E-state index in [9.17, 15) is 8.42 Å². The van der Waals surface area contributed by atoms with E-state index in [4.69, 9.17) is 14.2 Å². The fraction of sp³-hybridized carbons (Fsp3) is 0.565. The SMILES string of the molecule is COc1ncnc(OC)c1-n1c(NS(=O)(=O)[C@@H](C)[C@H](OC)c2ncc(C)cn2)nnc1C1CCCCC1. The Bertz CT molecular complexity index is 1290. The first-order valence-electron chi connectivity index (χ1n) is 12.0. The Morgan fingerprint density at radius 1 is 0.973 bits per heavy atom. The van der Waals surface area contributed by atoms with Crippen LogP contribution in [-0.2, 0) is 14.8 Å². The summed E-state index contributed by atoms with van der Waals surface area (Å²) in [7, 11) is 0.276. The number of aryl methyl sites for hydroxylation is 1. The smallest absolute Gasteiger partial charge is 0.245 e. The van der Waals surface area contributed by atoms with Gasteiger partial charge in [0.05, 0.1) is 14.2 Å². The van der Waals surface area contributed by atoms with E-state index in [0.717, 1.165) is 37.7 Å². The Labute approximate surface area is 216 Å². The van der Waals surface area contributed by atoms with Crippen molar-refractivity contribution < 1.29 is 22.6 Å². The van der Waals surface area contributed by atoms with Crippen LogP contribution in [0.25, 0.3) is 5.69 Å². The maximum Gasteiger partial charge on any atom is 0.245 e. The molecule has 0 aliphatic heterocycles. The topological polar surface area (TPSA) is 156 Å². The van der Waals surface area contributed by atoms with E-state index < -0.39 is 21.4 Å². The van der Waals surface area contributed by atoms with E-state index in [1.807, 2.05) is 6.92 Å². The summed E-state index contributed by atoms with van der Waals surface area (Å²) in [4.78, 5) is 16.9. The van der Waals surface area contributed by atoms with Gasteiger partial charge >= 0.3 is 0 Å². The molecule has 3 aromatic rings. The Hall–Kier alpha value is -3.39. The van der Waals surface area contributed by atoms with Crippen LogP contribution in [0, 0.1) is 6.92 Å². The molecule has 1 N–H and O–H groups in total. The van der Waals surface area contributed by atoms with E-state index in [-0.39, 0.29) is 29.5 Å². The zero-order valence-electron chi connectivity index (χ0n) is 21.6. The highest BCUT2D eigenvalue weighted by Gasteiger charge is 2.36. The lowest BCUT2D eigenvalue weighted by atomic mass is 9.88. The number of anilines is 1. The standard InChI is InChI=1S/C23H32N8O5S/c1-14-11-24-19(25-12-14)18(34-3)15(2)37(32,33)30-23-29-28-20(16-9-7-6-8-10-16)31(23)17-21(35-4)26-13-27-22(17)36-5/h11-13,15-16,18H,6-10H2,1-5H3,(H,29,30)/t15-,18-/m0/s1. The summed E-state index contributed by atoms with van der Waals surface area (Å²) in [6.45, 7) is 3.37. The Morgan fingerprint density at radius 3 is 2.16 bits per heavy atom.